The highest BCUT2D eigenvalue weighted by molar-refractivity contribution is 6.29. The summed E-state index contributed by atoms with van der Waals surface area (Å²) in [5.74, 6) is -0.248. The van der Waals surface area contributed by atoms with Gasteiger partial charge in [-0.15, -0.1) is 0 Å². The molecule has 3 rings (SSSR count). The van der Waals surface area contributed by atoms with Crippen LogP contribution in [-0.2, 0) is 0 Å². The molecule has 0 saturated carbocycles. The van der Waals surface area contributed by atoms with Gasteiger partial charge in [0.25, 0.3) is 0 Å². The molecule has 0 aliphatic heterocycles. The smallest absolute Gasteiger partial charge is 0.129 e. The van der Waals surface area contributed by atoms with E-state index in [1.165, 1.54) is 12.1 Å². The summed E-state index contributed by atoms with van der Waals surface area (Å²) in [5.41, 5.74) is 2.45. The first-order valence-corrected chi connectivity index (χ1v) is 5.51. The predicted molar refractivity (Wildman–Crippen MR) is 66.5 cm³/mol. The summed E-state index contributed by atoms with van der Waals surface area (Å²) in [6.07, 6.45) is 0. The highest BCUT2D eigenvalue weighted by Gasteiger charge is 2.05. The first-order valence-electron chi connectivity index (χ1n) is 5.13. The van der Waals surface area contributed by atoms with Crippen LogP contribution in [0.3, 0.4) is 0 Å². The minimum absolute atomic E-state index is 0.248. The van der Waals surface area contributed by atoms with Gasteiger partial charge in [-0.25, -0.2) is 9.37 Å². The number of halogens is 2. The Labute approximate surface area is 102 Å². The van der Waals surface area contributed by atoms with Crippen molar-refractivity contribution in [2.45, 2.75) is 0 Å². The van der Waals surface area contributed by atoms with Crippen molar-refractivity contribution in [2.75, 3.05) is 0 Å². The molecule has 4 heteroatoms. The Morgan fingerprint density at radius 2 is 2.00 bits per heavy atom. The highest BCUT2D eigenvalue weighted by atomic mass is 35.5. The van der Waals surface area contributed by atoms with Crippen molar-refractivity contribution in [3.8, 4) is 11.4 Å². The summed E-state index contributed by atoms with van der Waals surface area (Å²) in [7, 11) is 0. The average molecular weight is 247 g/mol. The molecule has 2 aromatic heterocycles. The SMILES string of the molecule is Fc1ccc2[nH]c(-c3cccc(Cl)n3)cc2c1. The first-order chi connectivity index (χ1) is 8.22. The molecule has 0 spiro atoms. The standard InChI is InChI=1S/C13H8ClFN2/c14-13-3-1-2-11(17-13)12-7-8-6-9(15)4-5-10(8)16-12/h1-7,16H. The largest absolute Gasteiger partial charge is 0.353 e. The van der Waals surface area contributed by atoms with Gasteiger partial charge in [0, 0.05) is 10.9 Å². The van der Waals surface area contributed by atoms with Crippen molar-refractivity contribution in [1.29, 1.82) is 0 Å². The van der Waals surface area contributed by atoms with Gasteiger partial charge in [-0.2, -0.15) is 0 Å². The van der Waals surface area contributed by atoms with E-state index in [9.17, 15) is 4.39 Å². The van der Waals surface area contributed by atoms with Gasteiger partial charge in [-0.3, -0.25) is 0 Å². The molecule has 0 unspecified atom stereocenters. The molecule has 84 valence electrons. The third kappa shape index (κ3) is 1.89. The normalized spacial score (nSPS) is 10.9. The number of pyridine rings is 1. The molecule has 0 bridgehead atoms. The molecule has 1 N–H and O–H groups in total. The van der Waals surface area contributed by atoms with Gasteiger partial charge in [0.1, 0.15) is 11.0 Å². The number of aromatic amines is 1. The topological polar surface area (TPSA) is 28.7 Å². The third-order valence-electron chi connectivity index (χ3n) is 2.57. The summed E-state index contributed by atoms with van der Waals surface area (Å²) < 4.78 is 13.1. The minimum atomic E-state index is -0.248. The van der Waals surface area contributed by atoms with Gasteiger partial charge < -0.3 is 4.98 Å². The molecule has 3 aromatic rings. The zero-order chi connectivity index (χ0) is 11.8. The fourth-order valence-electron chi connectivity index (χ4n) is 1.80. The molecule has 0 fully saturated rings. The van der Waals surface area contributed by atoms with Crippen molar-refractivity contribution in [3.05, 3.63) is 53.4 Å². The van der Waals surface area contributed by atoms with Gasteiger partial charge in [0.15, 0.2) is 0 Å². The lowest BCUT2D eigenvalue weighted by Crippen LogP contribution is -1.82. The van der Waals surface area contributed by atoms with Crippen LogP contribution in [-0.4, -0.2) is 9.97 Å². The molecule has 2 nitrogen and oxygen atoms in total. The van der Waals surface area contributed by atoms with Crippen molar-refractivity contribution < 1.29 is 4.39 Å². The monoisotopic (exact) mass is 246 g/mol. The van der Waals surface area contributed by atoms with Crippen LogP contribution in [0.15, 0.2) is 42.5 Å². The van der Waals surface area contributed by atoms with Crippen molar-refractivity contribution >= 4 is 22.5 Å². The number of H-pyrrole nitrogens is 1. The van der Waals surface area contributed by atoms with E-state index in [2.05, 4.69) is 9.97 Å². The minimum Gasteiger partial charge on any atom is -0.353 e. The number of hydrogen-bond acceptors (Lipinski definition) is 1. The fraction of sp³-hybridized carbons (Fsp3) is 0. The fourth-order valence-corrected chi connectivity index (χ4v) is 1.96. The summed E-state index contributed by atoms with van der Waals surface area (Å²) in [4.78, 5) is 7.38. The van der Waals surface area contributed by atoms with Crippen LogP contribution in [0, 0.1) is 5.82 Å². The third-order valence-corrected chi connectivity index (χ3v) is 2.78. The Morgan fingerprint density at radius 3 is 2.82 bits per heavy atom. The van der Waals surface area contributed by atoms with Gasteiger partial charge in [-0.05, 0) is 36.4 Å². The Hall–Kier alpha value is -1.87. The van der Waals surface area contributed by atoms with E-state index in [-0.39, 0.29) is 5.82 Å². The summed E-state index contributed by atoms with van der Waals surface area (Å²) in [6, 6.07) is 11.9. The van der Waals surface area contributed by atoms with Crippen molar-refractivity contribution in [3.63, 3.8) is 0 Å². The quantitative estimate of drug-likeness (QED) is 0.646. The van der Waals surface area contributed by atoms with E-state index in [0.29, 0.717) is 5.15 Å². The Morgan fingerprint density at radius 1 is 1.12 bits per heavy atom. The Bertz CT molecular complexity index is 691. The number of nitrogens with one attached hydrogen (secondary N) is 1. The van der Waals surface area contributed by atoms with E-state index in [0.717, 1.165) is 22.3 Å². The molecular formula is C13H8ClFN2. The molecule has 0 amide bonds. The Kier molecular flexibility index (Phi) is 2.34. The van der Waals surface area contributed by atoms with Crippen molar-refractivity contribution in [1.82, 2.24) is 9.97 Å². The molecule has 1 aromatic carbocycles. The lowest BCUT2D eigenvalue weighted by Gasteiger charge is -1.96. The highest BCUT2D eigenvalue weighted by Crippen LogP contribution is 2.24. The lowest BCUT2D eigenvalue weighted by atomic mass is 10.2. The molecule has 2 heterocycles. The summed E-state index contributed by atoms with van der Waals surface area (Å²) in [6.45, 7) is 0. The number of aromatic nitrogens is 2. The van der Waals surface area contributed by atoms with E-state index in [1.807, 2.05) is 18.2 Å². The number of rotatable bonds is 1. The van der Waals surface area contributed by atoms with Crippen LogP contribution in [0.5, 0.6) is 0 Å². The van der Waals surface area contributed by atoms with Gasteiger partial charge in [0.05, 0.1) is 11.4 Å². The molecule has 0 atom stereocenters. The number of benzene rings is 1. The zero-order valence-corrected chi connectivity index (χ0v) is 9.50. The van der Waals surface area contributed by atoms with E-state index < -0.39 is 0 Å². The van der Waals surface area contributed by atoms with Crippen LogP contribution < -0.4 is 0 Å². The zero-order valence-electron chi connectivity index (χ0n) is 8.74. The lowest BCUT2D eigenvalue weighted by molar-refractivity contribution is 0.630. The van der Waals surface area contributed by atoms with Crippen LogP contribution in [0.1, 0.15) is 0 Å². The van der Waals surface area contributed by atoms with E-state index in [4.69, 9.17) is 11.6 Å². The van der Waals surface area contributed by atoms with Crippen LogP contribution >= 0.6 is 11.6 Å². The summed E-state index contributed by atoms with van der Waals surface area (Å²) in [5, 5.41) is 1.26. The second-order valence-electron chi connectivity index (χ2n) is 3.76. The van der Waals surface area contributed by atoms with Crippen molar-refractivity contribution in [2.24, 2.45) is 0 Å². The van der Waals surface area contributed by atoms with Crippen LogP contribution in [0.25, 0.3) is 22.3 Å². The Balaban J connectivity index is 2.18. The van der Waals surface area contributed by atoms with E-state index >= 15 is 0 Å². The number of hydrogen-bond donors (Lipinski definition) is 1. The second-order valence-corrected chi connectivity index (χ2v) is 4.15. The molecule has 0 saturated heterocycles. The molecule has 0 aliphatic rings. The maximum absolute atomic E-state index is 13.1. The van der Waals surface area contributed by atoms with Crippen LogP contribution in [0.4, 0.5) is 4.39 Å². The van der Waals surface area contributed by atoms with Gasteiger partial charge in [-0.1, -0.05) is 17.7 Å². The maximum atomic E-state index is 13.1. The second kappa shape index (κ2) is 3.86. The first kappa shape index (κ1) is 10.3. The predicted octanol–water partition coefficient (Wildman–Crippen LogP) is 4.02. The molecule has 17 heavy (non-hydrogen) atoms. The summed E-state index contributed by atoms with van der Waals surface area (Å²) >= 11 is 5.83. The number of fused-ring (bicyclic) bond motifs is 1. The molecule has 0 aliphatic carbocycles. The van der Waals surface area contributed by atoms with Gasteiger partial charge >= 0.3 is 0 Å². The van der Waals surface area contributed by atoms with E-state index in [1.54, 1.807) is 12.1 Å². The maximum Gasteiger partial charge on any atom is 0.129 e. The number of nitrogens with zero attached hydrogens (tertiary/aromatic N) is 1. The van der Waals surface area contributed by atoms with Gasteiger partial charge in [0.2, 0.25) is 0 Å². The van der Waals surface area contributed by atoms with Crippen LogP contribution in [0.2, 0.25) is 5.15 Å². The average Bonchev–Trinajstić information content (AvgIpc) is 2.72. The molecule has 0 radical (unpaired) electrons. The molecular weight excluding hydrogens is 239 g/mol.